The molecule has 0 spiro atoms. The SMILES string of the molecule is CS(=O)(=O)c1ccc(NC(=O)COC(=O)c2ccc(-c3ccc4c(c3)OCCO4)s2)cc1. The number of rotatable bonds is 6. The second kappa shape index (κ2) is 9.01. The summed E-state index contributed by atoms with van der Waals surface area (Å²) in [6.07, 6.45) is 1.10. The third-order valence-electron chi connectivity index (χ3n) is 4.53. The summed E-state index contributed by atoms with van der Waals surface area (Å²) in [5, 5.41) is 2.55. The molecule has 2 heterocycles. The lowest BCUT2D eigenvalue weighted by atomic mass is 10.1. The van der Waals surface area contributed by atoms with Gasteiger partial charge >= 0.3 is 5.97 Å². The molecule has 0 bridgehead atoms. The van der Waals surface area contributed by atoms with Gasteiger partial charge in [-0.1, -0.05) is 0 Å². The van der Waals surface area contributed by atoms with Crippen molar-refractivity contribution >= 4 is 38.7 Å². The average Bonchev–Trinajstić information content (AvgIpc) is 3.27. The van der Waals surface area contributed by atoms with E-state index in [-0.39, 0.29) is 4.90 Å². The Balaban J connectivity index is 1.34. The average molecular weight is 474 g/mol. The number of fused-ring (bicyclic) bond motifs is 1. The van der Waals surface area contributed by atoms with Crippen molar-refractivity contribution in [3.05, 3.63) is 59.5 Å². The standard InChI is InChI=1S/C22H19NO7S2/c1-32(26,27)16-5-3-15(4-6-16)23-21(24)13-30-22(25)20-9-8-19(31-20)14-2-7-17-18(12-14)29-11-10-28-17/h2-9,12H,10-11,13H2,1H3,(H,23,24). The number of carbonyl (C=O) groups is 2. The molecule has 0 aliphatic carbocycles. The molecule has 0 radical (unpaired) electrons. The maximum Gasteiger partial charge on any atom is 0.348 e. The lowest BCUT2D eigenvalue weighted by Gasteiger charge is -2.18. The van der Waals surface area contributed by atoms with E-state index >= 15 is 0 Å². The molecule has 3 aromatic rings. The van der Waals surface area contributed by atoms with Crippen molar-refractivity contribution in [3.63, 3.8) is 0 Å². The Labute approximate surface area is 188 Å². The molecule has 8 nitrogen and oxygen atoms in total. The van der Waals surface area contributed by atoms with E-state index in [9.17, 15) is 18.0 Å². The fraction of sp³-hybridized carbons (Fsp3) is 0.182. The Bertz CT molecular complexity index is 1260. The molecule has 0 unspecified atom stereocenters. The van der Waals surface area contributed by atoms with Crippen molar-refractivity contribution in [2.24, 2.45) is 0 Å². The van der Waals surface area contributed by atoms with Gasteiger partial charge < -0.3 is 19.5 Å². The van der Waals surface area contributed by atoms with Crippen molar-refractivity contribution in [1.82, 2.24) is 0 Å². The number of anilines is 1. The first-order valence-corrected chi connectivity index (χ1v) is 12.3. The summed E-state index contributed by atoms with van der Waals surface area (Å²) < 4.78 is 39.2. The van der Waals surface area contributed by atoms with Gasteiger partial charge in [0.2, 0.25) is 0 Å². The van der Waals surface area contributed by atoms with E-state index < -0.39 is 28.3 Å². The third-order valence-corrected chi connectivity index (χ3v) is 6.78. The predicted octanol–water partition coefficient (Wildman–Crippen LogP) is 3.39. The minimum atomic E-state index is -3.32. The number of hydrogen-bond acceptors (Lipinski definition) is 8. The zero-order valence-corrected chi connectivity index (χ0v) is 18.6. The number of amides is 1. The summed E-state index contributed by atoms with van der Waals surface area (Å²) in [6.45, 7) is 0.535. The van der Waals surface area contributed by atoms with Gasteiger partial charge in [0.05, 0.1) is 4.90 Å². The van der Waals surface area contributed by atoms with Crippen LogP contribution in [0, 0.1) is 0 Å². The molecule has 1 aliphatic rings. The minimum absolute atomic E-state index is 0.147. The van der Waals surface area contributed by atoms with Gasteiger partial charge in [-0.3, -0.25) is 4.79 Å². The fourth-order valence-electron chi connectivity index (χ4n) is 2.98. The van der Waals surface area contributed by atoms with Crippen molar-refractivity contribution in [1.29, 1.82) is 0 Å². The van der Waals surface area contributed by atoms with Gasteiger partial charge in [0.15, 0.2) is 27.9 Å². The van der Waals surface area contributed by atoms with Gasteiger partial charge in [0.25, 0.3) is 5.91 Å². The summed E-state index contributed by atoms with van der Waals surface area (Å²) in [6, 6.07) is 14.7. The second-order valence-corrected chi connectivity index (χ2v) is 10.0. The van der Waals surface area contributed by atoms with Crippen molar-refractivity contribution in [3.8, 4) is 21.9 Å². The van der Waals surface area contributed by atoms with Crippen LogP contribution >= 0.6 is 11.3 Å². The number of thiophene rings is 1. The molecular weight excluding hydrogens is 454 g/mol. The van der Waals surface area contributed by atoms with Crippen molar-refractivity contribution in [2.45, 2.75) is 4.90 Å². The zero-order chi connectivity index (χ0) is 22.7. The summed E-state index contributed by atoms with van der Waals surface area (Å²) >= 11 is 1.24. The molecule has 0 saturated heterocycles. The Morgan fingerprint density at radius 2 is 1.72 bits per heavy atom. The van der Waals surface area contributed by atoms with Crippen LogP contribution in [0.5, 0.6) is 11.5 Å². The van der Waals surface area contributed by atoms with Gasteiger partial charge in [-0.15, -0.1) is 11.3 Å². The number of nitrogens with one attached hydrogen (secondary N) is 1. The predicted molar refractivity (Wildman–Crippen MR) is 119 cm³/mol. The first-order chi connectivity index (χ1) is 15.3. The highest BCUT2D eigenvalue weighted by atomic mass is 32.2. The van der Waals surface area contributed by atoms with Gasteiger partial charge in [0.1, 0.15) is 18.1 Å². The summed E-state index contributed by atoms with van der Waals surface area (Å²) in [4.78, 5) is 25.8. The Kier molecular flexibility index (Phi) is 6.15. The number of benzene rings is 2. The molecule has 32 heavy (non-hydrogen) atoms. The van der Waals surface area contributed by atoms with Crippen LogP contribution in [0.3, 0.4) is 0 Å². The quantitative estimate of drug-likeness (QED) is 0.547. The second-order valence-electron chi connectivity index (χ2n) is 6.94. The minimum Gasteiger partial charge on any atom is -0.486 e. The Hall–Kier alpha value is -3.37. The van der Waals surface area contributed by atoms with E-state index in [0.29, 0.717) is 35.3 Å². The van der Waals surface area contributed by atoms with E-state index in [2.05, 4.69) is 5.32 Å². The van der Waals surface area contributed by atoms with Gasteiger partial charge in [0, 0.05) is 16.8 Å². The van der Waals surface area contributed by atoms with Crippen LogP contribution in [-0.2, 0) is 19.4 Å². The van der Waals surface area contributed by atoms with Crippen LogP contribution in [0.2, 0.25) is 0 Å². The highest BCUT2D eigenvalue weighted by Crippen LogP contribution is 2.37. The van der Waals surface area contributed by atoms with Crippen LogP contribution < -0.4 is 14.8 Å². The highest BCUT2D eigenvalue weighted by molar-refractivity contribution is 7.90. The monoisotopic (exact) mass is 473 g/mol. The molecule has 166 valence electrons. The van der Waals surface area contributed by atoms with Crippen LogP contribution in [-0.4, -0.2) is 46.4 Å². The summed E-state index contributed by atoms with van der Waals surface area (Å²) in [7, 11) is -3.32. The fourth-order valence-corrected chi connectivity index (χ4v) is 4.51. The number of carbonyl (C=O) groups excluding carboxylic acids is 2. The van der Waals surface area contributed by atoms with E-state index in [1.165, 1.54) is 35.6 Å². The van der Waals surface area contributed by atoms with Crippen LogP contribution in [0.1, 0.15) is 9.67 Å². The number of ether oxygens (including phenoxy) is 3. The number of hydrogen-bond donors (Lipinski definition) is 1. The smallest absolute Gasteiger partial charge is 0.348 e. The molecule has 2 aromatic carbocycles. The third kappa shape index (κ3) is 5.09. The largest absolute Gasteiger partial charge is 0.486 e. The summed E-state index contributed by atoms with van der Waals surface area (Å²) in [5.74, 6) is 0.205. The number of esters is 1. The molecule has 10 heteroatoms. The molecular formula is C22H19NO7S2. The number of sulfone groups is 1. The van der Waals surface area contributed by atoms with E-state index in [1.54, 1.807) is 12.1 Å². The summed E-state index contributed by atoms with van der Waals surface area (Å²) in [5.41, 5.74) is 1.28. The van der Waals surface area contributed by atoms with E-state index in [0.717, 1.165) is 16.7 Å². The van der Waals surface area contributed by atoms with Crippen LogP contribution in [0.15, 0.2) is 59.5 Å². The van der Waals surface area contributed by atoms with Crippen LogP contribution in [0.25, 0.3) is 10.4 Å². The molecule has 1 amide bonds. The van der Waals surface area contributed by atoms with E-state index in [4.69, 9.17) is 14.2 Å². The lowest BCUT2D eigenvalue weighted by molar-refractivity contribution is -0.119. The van der Waals surface area contributed by atoms with Gasteiger partial charge in [-0.2, -0.15) is 0 Å². The first-order valence-electron chi connectivity index (χ1n) is 9.56. The van der Waals surface area contributed by atoms with Gasteiger partial charge in [-0.05, 0) is 60.2 Å². The first kappa shape index (κ1) is 21.8. The van der Waals surface area contributed by atoms with Crippen LogP contribution in [0.4, 0.5) is 5.69 Å². The zero-order valence-electron chi connectivity index (χ0n) is 17.0. The molecule has 1 N–H and O–H groups in total. The molecule has 4 rings (SSSR count). The molecule has 1 aliphatic heterocycles. The Morgan fingerprint density at radius 1 is 1.00 bits per heavy atom. The normalized spacial score (nSPS) is 12.8. The maximum absolute atomic E-state index is 12.3. The Morgan fingerprint density at radius 3 is 2.44 bits per heavy atom. The molecule has 0 saturated carbocycles. The van der Waals surface area contributed by atoms with E-state index in [1.807, 2.05) is 18.2 Å². The van der Waals surface area contributed by atoms with Crippen molar-refractivity contribution in [2.75, 3.05) is 31.4 Å². The topological polar surface area (TPSA) is 108 Å². The lowest BCUT2D eigenvalue weighted by Crippen LogP contribution is -2.20. The molecule has 0 fully saturated rings. The maximum atomic E-state index is 12.3. The van der Waals surface area contributed by atoms with Gasteiger partial charge in [-0.25, -0.2) is 13.2 Å². The highest BCUT2D eigenvalue weighted by Gasteiger charge is 2.17. The molecule has 0 atom stereocenters. The van der Waals surface area contributed by atoms with Crippen molar-refractivity contribution < 1.29 is 32.2 Å². The molecule has 1 aromatic heterocycles.